The lowest BCUT2D eigenvalue weighted by Gasteiger charge is -2.31. The van der Waals surface area contributed by atoms with Crippen LogP contribution in [-0.4, -0.2) is 27.6 Å². The van der Waals surface area contributed by atoms with Crippen LogP contribution in [0.5, 0.6) is 0 Å². The third kappa shape index (κ3) is 3.46. The number of aliphatic hydroxyl groups is 1. The van der Waals surface area contributed by atoms with Crippen molar-refractivity contribution >= 4 is 5.65 Å². The Morgan fingerprint density at radius 2 is 2.14 bits per heavy atom. The second kappa shape index (κ2) is 7.39. The average molecular weight is 300 g/mol. The van der Waals surface area contributed by atoms with E-state index >= 15 is 0 Å². The Bertz CT molecular complexity index is 652. The molecule has 0 radical (unpaired) electrons. The molecule has 5 nitrogen and oxygen atoms in total. The summed E-state index contributed by atoms with van der Waals surface area (Å²) >= 11 is 0. The van der Waals surface area contributed by atoms with Crippen LogP contribution < -0.4 is 5.32 Å². The first-order valence-electron chi connectivity index (χ1n) is 7.85. The second-order valence-corrected chi connectivity index (χ2v) is 5.79. The number of aromatic nitrogens is 2. The van der Waals surface area contributed by atoms with Gasteiger partial charge in [-0.05, 0) is 36.8 Å². The largest absolute Gasteiger partial charge is 0.396 e. The number of hydrogen-bond donors (Lipinski definition) is 2. The minimum Gasteiger partial charge on any atom is -0.396 e. The van der Waals surface area contributed by atoms with Gasteiger partial charge in [0.05, 0.1) is 17.5 Å². The molecule has 0 aliphatic rings. The van der Waals surface area contributed by atoms with Gasteiger partial charge < -0.3 is 14.8 Å². The topological polar surface area (TPSA) is 73.3 Å². The van der Waals surface area contributed by atoms with Gasteiger partial charge in [0.2, 0.25) is 0 Å². The monoisotopic (exact) mass is 300 g/mol. The van der Waals surface area contributed by atoms with Crippen molar-refractivity contribution in [1.82, 2.24) is 14.7 Å². The Kier molecular flexibility index (Phi) is 5.53. The van der Waals surface area contributed by atoms with Gasteiger partial charge in [0.1, 0.15) is 11.7 Å². The number of hydrogen-bond acceptors (Lipinski definition) is 4. The number of nitriles is 1. The van der Waals surface area contributed by atoms with Crippen LogP contribution in [0.4, 0.5) is 0 Å². The molecule has 22 heavy (non-hydrogen) atoms. The molecule has 0 aliphatic heterocycles. The zero-order valence-electron chi connectivity index (χ0n) is 13.3. The van der Waals surface area contributed by atoms with Crippen LogP contribution in [0.1, 0.15) is 44.4 Å². The number of nitrogens with zero attached hydrogens (tertiary/aromatic N) is 3. The fraction of sp³-hybridized carbons (Fsp3) is 0.529. The number of aliphatic hydroxyl groups excluding tert-OH is 1. The Hall–Kier alpha value is -1.90. The van der Waals surface area contributed by atoms with Gasteiger partial charge in [0.25, 0.3) is 0 Å². The third-order valence-corrected chi connectivity index (χ3v) is 4.66. The molecule has 0 saturated carbocycles. The third-order valence-electron chi connectivity index (χ3n) is 4.66. The molecule has 0 atom stereocenters. The van der Waals surface area contributed by atoms with Crippen LogP contribution in [0.15, 0.2) is 24.5 Å². The van der Waals surface area contributed by atoms with Crippen LogP contribution in [-0.2, 0) is 6.54 Å². The van der Waals surface area contributed by atoms with Gasteiger partial charge in [0, 0.05) is 25.9 Å². The molecule has 2 heterocycles. The molecule has 0 spiro atoms. The zero-order valence-corrected chi connectivity index (χ0v) is 13.3. The first-order valence-corrected chi connectivity index (χ1v) is 7.85. The van der Waals surface area contributed by atoms with Crippen molar-refractivity contribution in [2.24, 2.45) is 5.41 Å². The SMILES string of the molecule is CCC(CC)(CCO)CNCc1cnc2ccc(C#N)cn12. The molecular formula is C17H24N4O. The summed E-state index contributed by atoms with van der Waals surface area (Å²) in [6, 6.07) is 5.79. The van der Waals surface area contributed by atoms with Gasteiger partial charge in [-0.2, -0.15) is 5.26 Å². The van der Waals surface area contributed by atoms with Gasteiger partial charge in [-0.15, -0.1) is 0 Å². The molecule has 2 aromatic rings. The van der Waals surface area contributed by atoms with Crippen LogP contribution in [0.3, 0.4) is 0 Å². The number of rotatable bonds is 8. The van der Waals surface area contributed by atoms with E-state index in [2.05, 4.69) is 30.2 Å². The molecule has 118 valence electrons. The van der Waals surface area contributed by atoms with Gasteiger partial charge in [-0.3, -0.25) is 0 Å². The maximum atomic E-state index is 9.27. The lowest BCUT2D eigenvalue weighted by molar-refractivity contribution is 0.163. The van der Waals surface area contributed by atoms with E-state index in [9.17, 15) is 5.11 Å². The van der Waals surface area contributed by atoms with Crippen molar-refractivity contribution < 1.29 is 5.11 Å². The Labute approximate surface area is 131 Å². The van der Waals surface area contributed by atoms with Crippen molar-refractivity contribution in [3.8, 4) is 6.07 Å². The van der Waals surface area contributed by atoms with E-state index in [1.807, 2.05) is 22.9 Å². The first-order chi connectivity index (χ1) is 10.7. The summed E-state index contributed by atoms with van der Waals surface area (Å²) in [5.74, 6) is 0. The summed E-state index contributed by atoms with van der Waals surface area (Å²) in [4.78, 5) is 4.36. The summed E-state index contributed by atoms with van der Waals surface area (Å²) in [6.45, 7) is 6.14. The number of imidazole rings is 1. The number of fused-ring (bicyclic) bond motifs is 1. The molecule has 0 saturated heterocycles. The second-order valence-electron chi connectivity index (χ2n) is 5.79. The number of pyridine rings is 1. The minimum absolute atomic E-state index is 0.146. The summed E-state index contributed by atoms with van der Waals surface area (Å²) < 4.78 is 1.96. The van der Waals surface area contributed by atoms with Gasteiger partial charge >= 0.3 is 0 Å². The molecule has 0 aliphatic carbocycles. The molecule has 0 unspecified atom stereocenters. The van der Waals surface area contributed by atoms with E-state index in [0.29, 0.717) is 12.1 Å². The summed E-state index contributed by atoms with van der Waals surface area (Å²) in [5.41, 5.74) is 2.66. The Balaban J connectivity index is 2.07. The standard InChI is InChI=1S/C17H24N4O/c1-3-17(4-2,7-8-22)13-19-10-15-11-20-16-6-5-14(9-18)12-21(15)16/h5-6,11-12,19,22H,3-4,7-8,10,13H2,1-2H3. The normalized spacial score (nSPS) is 11.7. The fourth-order valence-corrected chi connectivity index (χ4v) is 2.86. The molecular weight excluding hydrogens is 276 g/mol. The highest BCUT2D eigenvalue weighted by Gasteiger charge is 2.25. The smallest absolute Gasteiger partial charge is 0.137 e. The predicted octanol–water partition coefficient (Wildman–Crippen LogP) is 2.48. The van der Waals surface area contributed by atoms with Crippen LogP contribution in [0.25, 0.3) is 5.65 Å². The van der Waals surface area contributed by atoms with Crippen molar-refractivity contribution in [1.29, 1.82) is 5.26 Å². The van der Waals surface area contributed by atoms with Crippen molar-refractivity contribution in [3.63, 3.8) is 0 Å². The van der Waals surface area contributed by atoms with Gasteiger partial charge in [-0.25, -0.2) is 4.98 Å². The highest BCUT2D eigenvalue weighted by atomic mass is 16.3. The molecule has 0 amide bonds. The van der Waals surface area contributed by atoms with Gasteiger partial charge in [-0.1, -0.05) is 13.8 Å². The minimum atomic E-state index is 0.146. The summed E-state index contributed by atoms with van der Waals surface area (Å²) in [7, 11) is 0. The average Bonchev–Trinajstić information content (AvgIpc) is 2.96. The molecule has 5 heteroatoms. The van der Waals surface area contributed by atoms with Crippen LogP contribution in [0.2, 0.25) is 0 Å². The van der Waals surface area contributed by atoms with E-state index in [4.69, 9.17) is 5.26 Å². The molecule has 0 bridgehead atoms. The lowest BCUT2D eigenvalue weighted by atomic mass is 9.79. The molecule has 2 rings (SSSR count). The maximum absolute atomic E-state index is 9.27. The fourth-order valence-electron chi connectivity index (χ4n) is 2.86. The Morgan fingerprint density at radius 3 is 2.77 bits per heavy atom. The lowest BCUT2D eigenvalue weighted by Crippen LogP contribution is -2.34. The molecule has 2 N–H and O–H groups in total. The van der Waals surface area contributed by atoms with E-state index in [1.165, 1.54) is 0 Å². The van der Waals surface area contributed by atoms with E-state index < -0.39 is 0 Å². The summed E-state index contributed by atoms with van der Waals surface area (Å²) in [5, 5.41) is 21.8. The summed E-state index contributed by atoms with van der Waals surface area (Å²) in [6.07, 6.45) is 6.57. The van der Waals surface area contributed by atoms with Gasteiger partial charge in [0.15, 0.2) is 0 Å². The van der Waals surface area contributed by atoms with Crippen LogP contribution >= 0.6 is 0 Å². The van der Waals surface area contributed by atoms with E-state index in [1.54, 1.807) is 6.07 Å². The molecule has 0 fully saturated rings. The first kappa shape index (κ1) is 16.5. The van der Waals surface area contributed by atoms with Crippen LogP contribution in [0, 0.1) is 16.7 Å². The highest BCUT2D eigenvalue weighted by molar-refractivity contribution is 5.44. The van der Waals surface area contributed by atoms with Crippen molar-refractivity contribution in [3.05, 3.63) is 35.8 Å². The maximum Gasteiger partial charge on any atom is 0.137 e. The van der Waals surface area contributed by atoms with Crippen molar-refractivity contribution in [2.75, 3.05) is 13.2 Å². The number of nitrogens with one attached hydrogen (secondary N) is 1. The Morgan fingerprint density at radius 1 is 1.36 bits per heavy atom. The van der Waals surface area contributed by atoms with E-state index in [-0.39, 0.29) is 12.0 Å². The quantitative estimate of drug-likeness (QED) is 0.785. The van der Waals surface area contributed by atoms with E-state index in [0.717, 1.165) is 37.1 Å². The zero-order chi connectivity index (χ0) is 16.0. The van der Waals surface area contributed by atoms with Crippen molar-refractivity contribution in [2.45, 2.75) is 39.7 Å². The molecule has 2 aromatic heterocycles. The highest BCUT2D eigenvalue weighted by Crippen LogP contribution is 2.29. The molecule has 0 aromatic carbocycles. The predicted molar refractivity (Wildman–Crippen MR) is 86.3 cm³/mol.